The highest BCUT2D eigenvalue weighted by Crippen LogP contribution is 2.65. The molecule has 1 aliphatic carbocycles. The van der Waals surface area contributed by atoms with Crippen molar-refractivity contribution in [2.75, 3.05) is 5.73 Å². The van der Waals surface area contributed by atoms with Crippen LogP contribution in [0.3, 0.4) is 0 Å². The van der Waals surface area contributed by atoms with Gasteiger partial charge in [0, 0.05) is 38.1 Å². The van der Waals surface area contributed by atoms with E-state index in [9.17, 15) is 0 Å². The molecule has 2 N–H and O–H groups in total. The Balaban J connectivity index is 1.35. The van der Waals surface area contributed by atoms with E-state index in [0.29, 0.717) is 11.6 Å². The Morgan fingerprint density at radius 2 is 1.43 bits per heavy atom. The van der Waals surface area contributed by atoms with Gasteiger partial charge in [-0.25, -0.2) is 15.0 Å². The molecule has 2 aliphatic heterocycles. The van der Waals surface area contributed by atoms with Gasteiger partial charge in [0.2, 0.25) is 0 Å². The molecule has 0 amide bonds. The summed E-state index contributed by atoms with van der Waals surface area (Å²) < 4.78 is 8.86. The van der Waals surface area contributed by atoms with Gasteiger partial charge in [-0.2, -0.15) is 0 Å². The number of anilines is 1. The SMILES string of the molecule is CCC1=C2C(C)c3c(N)n(c4ccccc34)-c3cccc4c3oc3c(cccc34)-c3nc(-c4ccccc4)nc(n3)C1(C)C=C1c3ccccc3SC12C. The maximum absolute atomic E-state index is 7.52. The van der Waals surface area contributed by atoms with Crippen molar-refractivity contribution >= 4 is 56.0 Å². The van der Waals surface area contributed by atoms with Gasteiger partial charge in [-0.15, -0.1) is 11.8 Å². The lowest BCUT2D eigenvalue weighted by Gasteiger charge is -2.45. The number of aromatic nitrogens is 4. The monoisotopic (exact) mass is 719 g/mol. The third-order valence-electron chi connectivity index (χ3n) is 12.2. The van der Waals surface area contributed by atoms with E-state index in [4.69, 9.17) is 25.1 Å². The molecule has 0 radical (unpaired) electrons. The number of hydrogen-bond acceptors (Lipinski definition) is 6. The van der Waals surface area contributed by atoms with Crippen LogP contribution in [0.1, 0.15) is 57.0 Å². The maximum Gasteiger partial charge on any atom is 0.167 e. The van der Waals surface area contributed by atoms with Crippen molar-refractivity contribution in [3.63, 3.8) is 0 Å². The summed E-state index contributed by atoms with van der Waals surface area (Å²) in [5, 5.41) is 3.16. The molecule has 6 nitrogen and oxygen atoms in total. The summed E-state index contributed by atoms with van der Waals surface area (Å²) in [5.41, 5.74) is 18.4. The predicted molar refractivity (Wildman–Crippen MR) is 221 cm³/mol. The quantitative estimate of drug-likeness (QED) is 0.179. The molecule has 3 aromatic heterocycles. The fourth-order valence-corrected chi connectivity index (χ4v) is 11.4. The number of nitrogens with zero attached hydrogens (tertiary/aromatic N) is 4. The zero-order valence-corrected chi connectivity index (χ0v) is 31.3. The van der Waals surface area contributed by atoms with Gasteiger partial charge < -0.3 is 10.2 Å². The zero-order chi connectivity index (χ0) is 36.5. The first kappa shape index (κ1) is 31.6. The summed E-state index contributed by atoms with van der Waals surface area (Å²) in [4.78, 5) is 17.4. The van der Waals surface area contributed by atoms with Crippen LogP contribution in [0.5, 0.6) is 0 Å². The first-order valence-corrected chi connectivity index (χ1v) is 19.5. The number of para-hydroxylation sites is 3. The molecule has 5 aromatic carbocycles. The van der Waals surface area contributed by atoms with E-state index in [2.05, 4.69) is 135 Å². The highest BCUT2D eigenvalue weighted by molar-refractivity contribution is 8.01. The Morgan fingerprint density at radius 1 is 0.741 bits per heavy atom. The molecule has 0 saturated carbocycles. The lowest BCUT2D eigenvalue weighted by molar-refractivity contribution is 0.575. The second-order valence-corrected chi connectivity index (χ2v) is 16.6. The van der Waals surface area contributed by atoms with Crippen molar-refractivity contribution in [2.24, 2.45) is 0 Å². The van der Waals surface area contributed by atoms with Gasteiger partial charge in [0.1, 0.15) is 17.2 Å². The van der Waals surface area contributed by atoms with Crippen LogP contribution in [0.15, 0.2) is 142 Å². The van der Waals surface area contributed by atoms with Gasteiger partial charge in [0.15, 0.2) is 17.2 Å². The molecule has 0 saturated heterocycles. The third-order valence-corrected chi connectivity index (χ3v) is 13.6. The number of fused-ring (bicyclic) bond motifs is 16. The van der Waals surface area contributed by atoms with E-state index in [1.165, 1.54) is 27.2 Å². The summed E-state index contributed by atoms with van der Waals surface area (Å²) in [6.45, 7) is 9.35. The Morgan fingerprint density at radius 3 is 2.26 bits per heavy atom. The standard InChI is InChI=1S/C47H37N5OS/c1-5-33-39-26(2)38-31-18-9-11-22-35(31)52(42(38)48)36-23-14-20-29-28-19-13-21-32(40(28)53-41(29)36)44-49-43(27-15-7-6-8-16-27)50-45(51-44)46(33,3)25-34-30-17-10-12-24-37(30)54-47(34,39)4/h6-26H,5,48H2,1-4H3. The first-order chi connectivity index (χ1) is 26.3. The Bertz CT molecular complexity index is 2970. The molecular formula is C47H37N5OS. The summed E-state index contributed by atoms with van der Waals surface area (Å²) in [7, 11) is 0. The lowest BCUT2D eigenvalue weighted by Crippen LogP contribution is -2.39. The van der Waals surface area contributed by atoms with Crippen LogP contribution in [0.25, 0.3) is 66.9 Å². The smallest absolute Gasteiger partial charge is 0.167 e. The number of rotatable bonds is 2. The highest BCUT2D eigenvalue weighted by atomic mass is 32.2. The van der Waals surface area contributed by atoms with Gasteiger partial charge in [-0.3, -0.25) is 4.57 Å². The van der Waals surface area contributed by atoms with E-state index in [1.54, 1.807) is 0 Å². The number of furan rings is 1. The number of allylic oxidation sites excluding steroid dienone is 2. The fraction of sp³-hybridized carbons (Fsp3) is 0.170. The third kappa shape index (κ3) is 4.05. The van der Waals surface area contributed by atoms with Crippen LogP contribution in [0.4, 0.5) is 5.82 Å². The molecule has 8 bridgehead atoms. The van der Waals surface area contributed by atoms with Gasteiger partial charge in [0.25, 0.3) is 0 Å². The van der Waals surface area contributed by atoms with E-state index in [0.717, 1.165) is 73.3 Å². The van der Waals surface area contributed by atoms with Crippen molar-refractivity contribution in [2.45, 2.75) is 55.1 Å². The average Bonchev–Trinajstić information content (AvgIpc) is 3.83. The molecule has 11 rings (SSSR count). The van der Waals surface area contributed by atoms with Crippen molar-refractivity contribution in [1.29, 1.82) is 0 Å². The minimum absolute atomic E-state index is 0.0554. The van der Waals surface area contributed by atoms with Gasteiger partial charge in [-0.05, 0) is 61.2 Å². The second-order valence-electron chi connectivity index (χ2n) is 15.1. The second kappa shape index (κ2) is 11.1. The number of hydrogen-bond donors (Lipinski definition) is 1. The Hall–Kier alpha value is -5.92. The summed E-state index contributed by atoms with van der Waals surface area (Å²) in [6, 6.07) is 40.3. The molecule has 3 atom stereocenters. The van der Waals surface area contributed by atoms with Gasteiger partial charge in [0.05, 0.1) is 26.9 Å². The maximum atomic E-state index is 7.52. The zero-order valence-electron chi connectivity index (χ0n) is 30.5. The molecule has 0 spiro atoms. The summed E-state index contributed by atoms with van der Waals surface area (Å²) >= 11 is 1.95. The summed E-state index contributed by atoms with van der Waals surface area (Å²) in [5.74, 6) is 2.61. The highest BCUT2D eigenvalue weighted by Gasteiger charge is 2.52. The summed E-state index contributed by atoms with van der Waals surface area (Å²) in [6.07, 6.45) is 3.27. The van der Waals surface area contributed by atoms with E-state index < -0.39 is 5.41 Å². The van der Waals surface area contributed by atoms with Crippen molar-refractivity contribution in [3.8, 4) is 28.5 Å². The molecule has 7 heteroatoms. The number of nitrogens with two attached hydrogens (primary N) is 1. The predicted octanol–water partition coefficient (Wildman–Crippen LogP) is 11.7. The van der Waals surface area contributed by atoms with Gasteiger partial charge in [-0.1, -0.05) is 116 Å². The van der Waals surface area contributed by atoms with Crippen LogP contribution < -0.4 is 5.73 Å². The molecular weight excluding hydrogens is 683 g/mol. The Kier molecular flexibility index (Phi) is 6.47. The molecule has 8 aromatic rings. The fourth-order valence-electron chi connectivity index (χ4n) is 9.85. The number of nitrogen functional groups attached to an aromatic ring is 1. The van der Waals surface area contributed by atoms with E-state index in [1.807, 2.05) is 30.0 Å². The van der Waals surface area contributed by atoms with Crippen molar-refractivity contribution in [3.05, 3.63) is 149 Å². The van der Waals surface area contributed by atoms with Crippen molar-refractivity contribution in [1.82, 2.24) is 19.5 Å². The molecule has 5 heterocycles. The average molecular weight is 720 g/mol. The molecule has 0 fully saturated rings. The van der Waals surface area contributed by atoms with E-state index >= 15 is 0 Å². The van der Waals surface area contributed by atoms with Crippen LogP contribution in [-0.2, 0) is 5.41 Å². The topological polar surface area (TPSA) is 82.8 Å². The van der Waals surface area contributed by atoms with Gasteiger partial charge >= 0.3 is 0 Å². The first-order valence-electron chi connectivity index (χ1n) is 18.7. The normalized spacial score (nSPS) is 21.4. The van der Waals surface area contributed by atoms with Crippen LogP contribution >= 0.6 is 11.8 Å². The largest absolute Gasteiger partial charge is 0.453 e. The molecule has 3 aliphatic rings. The molecule has 262 valence electrons. The number of thioether (sulfide) groups is 1. The molecule has 54 heavy (non-hydrogen) atoms. The Labute approximate surface area is 317 Å². The van der Waals surface area contributed by atoms with E-state index in [-0.39, 0.29) is 10.7 Å². The minimum atomic E-state index is -0.674. The van der Waals surface area contributed by atoms with Crippen LogP contribution in [-0.4, -0.2) is 24.3 Å². The molecule has 3 unspecified atom stereocenters. The van der Waals surface area contributed by atoms with Crippen LogP contribution in [0.2, 0.25) is 0 Å². The number of benzene rings is 5. The van der Waals surface area contributed by atoms with Crippen molar-refractivity contribution < 1.29 is 4.42 Å². The minimum Gasteiger partial charge on any atom is -0.453 e. The lowest BCUT2D eigenvalue weighted by atomic mass is 9.63. The van der Waals surface area contributed by atoms with Crippen LogP contribution in [0, 0.1) is 0 Å².